The van der Waals surface area contributed by atoms with Crippen LogP contribution in [-0.4, -0.2) is 25.0 Å². The van der Waals surface area contributed by atoms with Gasteiger partial charge in [-0.3, -0.25) is 9.69 Å². The number of fused-ring (bicyclic) bond motifs is 1. The molecule has 4 rings (SSSR count). The van der Waals surface area contributed by atoms with E-state index in [1.54, 1.807) is 0 Å². The van der Waals surface area contributed by atoms with Crippen LogP contribution < -0.4 is 15.5 Å². The summed E-state index contributed by atoms with van der Waals surface area (Å²) in [4.78, 5) is 27.0. The lowest BCUT2D eigenvalue weighted by atomic mass is 10.1. The van der Waals surface area contributed by atoms with Crippen LogP contribution in [0.15, 0.2) is 78.9 Å². The zero-order valence-electron chi connectivity index (χ0n) is 18.9. The summed E-state index contributed by atoms with van der Waals surface area (Å²) in [7, 11) is 0. The number of carbonyl (C=O) groups is 2. The third-order valence-corrected chi connectivity index (χ3v) is 5.98. The van der Waals surface area contributed by atoms with Gasteiger partial charge in [-0.1, -0.05) is 60.7 Å². The number of urea groups is 1. The van der Waals surface area contributed by atoms with Gasteiger partial charge >= 0.3 is 6.03 Å². The molecule has 170 valence electrons. The van der Waals surface area contributed by atoms with Crippen molar-refractivity contribution in [3.8, 4) is 0 Å². The van der Waals surface area contributed by atoms with E-state index in [-0.39, 0.29) is 11.9 Å². The average molecular weight is 442 g/mol. The van der Waals surface area contributed by atoms with Crippen LogP contribution in [0.25, 0.3) is 0 Å². The van der Waals surface area contributed by atoms with Crippen molar-refractivity contribution in [2.45, 2.75) is 38.5 Å². The van der Waals surface area contributed by atoms with Crippen molar-refractivity contribution in [2.24, 2.45) is 0 Å². The molecule has 0 unspecified atom stereocenters. The van der Waals surface area contributed by atoms with Crippen LogP contribution in [0.1, 0.15) is 36.0 Å². The SMILES string of the molecule is O=C(Cc1ccc(NC(=O)N2CCCCc3ccccc32)cc1)NCCCc1ccccc1. The molecule has 5 heteroatoms. The highest BCUT2D eigenvalue weighted by Gasteiger charge is 2.20. The Hall–Kier alpha value is -3.60. The van der Waals surface area contributed by atoms with Crippen molar-refractivity contribution < 1.29 is 9.59 Å². The van der Waals surface area contributed by atoms with Gasteiger partial charge in [-0.25, -0.2) is 4.79 Å². The molecule has 0 saturated heterocycles. The van der Waals surface area contributed by atoms with Crippen molar-refractivity contribution in [2.75, 3.05) is 23.3 Å². The van der Waals surface area contributed by atoms with Gasteiger partial charge in [-0.05, 0) is 67.0 Å². The fourth-order valence-corrected chi connectivity index (χ4v) is 4.21. The number of hydrogen-bond donors (Lipinski definition) is 2. The van der Waals surface area contributed by atoms with Crippen LogP contribution in [0.4, 0.5) is 16.2 Å². The summed E-state index contributed by atoms with van der Waals surface area (Å²) in [6.07, 6.45) is 5.28. The third kappa shape index (κ3) is 6.45. The standard InChI is InChI=1S/C28H31N3O2/c32-27(29-19-8-11-22-9-2-1-3-10-22)21-23-15-17-25(18-16-23)30-28(33)31-20-7-6-13-24-12-4-5-14-26(24)31/h1-5,9-10,12,14-18H,6-8,11,13,19-21H2,(H,29,32)(H,30,33). The molecule has 0 fully saturated rings. The smallest absolute Gasteiger partial charge is 0.326 e. The molecule has 1 heterocycles. The predicted octanol–water partition coefficient (Wildman–Crippen LogP) is 5.35. The van der Waals surface area contributed by atoms with E-state index >= 15 is 0 Å². The first-order chi connectivity index (χ1) is 16.2. The molecular formula is C28H31N3O2. The second-order valence-electron chi connectivity index (χ2n) is 8.48. The van der Waals surface area contributed by atoms with Gasteiger partial charge in [0, 0.05) is 24.5 Å². The highest BCUT2D eigenvalue weighted by atomic mass is 16.2. The highest BCUT2D eigenvalue weighted by molar-refractivity contribution is 6.02. The summed E-state index contributed by atoms with van der Waals surface area (Å²) in [6, 6.07) is 25.8. The molecule has 0 radical (unpaired) electrons. The average Bonchev–Trinajstić information content (AvgIpc) is 3.06. The number of anilines is 2. The third-order valence-electron chi connectivity index (χ3n) is 5.98. The van der Waals surface area contributed by atoms with Gasteiger partial charge in [0.1, 0.15) is 0 Å². The van der Waals surface area contributed by atoms with Gasteiger partial charge in [0.15, 0.2) is 0 Å². The Morgan fingerprint density at radius 3 is 2.39 bits per heavy atom. The van der Waals surface area contributed by atoms with Gasteiger partial charge in [0.2, 0.25) is 5.91 Å². The van der Waals surface area contributed by atoms with E-state index in [4.69, 9.17) is 0 Å². The largest absolute Gasteiger partial charge is 0.356 e. The van der Waals surface area contributed by atoms with E-state index in [9.17, 15) is 9.59 Å². The summed E-state index contributed by atoms with van der Waals surface area (Å²) in [6.45, 7) is 1.38. The van der Waals surface area contributed by atoms with E-state index < -0.39 is 0 Å². The van der Waals surface area contributed by atoms with Gasteiger partial charge < -0.3 is 10.6 Å². The molecule has 3 aromatic rings. The minimum Gasteiger partial charge on any atom is -0.356 e. The molecule has 0 spiro atoms. The van der Waals surface area contributed by atoms with Crippen molar-refractivity contribution in [3.05, 3.63) is 95.6 Å². The molecule has 3 amide bonds. The number of rotatable bonds is 7. The molecule has 1 aliphatic rings. The molecule has 0 atom stereocenters. The summed E-state index contributed by atoms with van der Waals surface area (Å²) in [5.41, 5.74) is 5.15. The molecule has 0 bridgehead atoms. The maximum Gasteiger partial charge on any atom is 0.326 e. The Kier molecular flexibility index (Phi) is 7.75. The number of nitrogens with zero attached hydrogens (tertiary/aromatic N) is 1. The molecular weight excluding hydrogens is 410 g/mol. The highest BCUT2D eigenvalue weighted by Crippen LogP contribution is 2.26. The van der Waals surface area contributed by atoms with Gasteiger partial charge in [0.05, 0.1) is 6.42 Å². The maximum absolute atomic E-state index is 12.9. The van der Waals surface area contributed by atoms with Crippen LogP contribution in [0.2, 0.25) is 0 Å². The number of hydrogen-bond acceptors (Lipinski definition) is 2. The number of para-hydroxylation sites is 1. The Morgan fingerprint density at radius 2 is 1.58 bits per heavy atom. The van der Waals surface area contributed by atoms with Crippen molar-refractivity contribution >= 4 is 23.3 Å². The Bertz CT molecular complexity index is 1060. The lowest BCUT2D eigenvalue weighted by Gasteiger charge is -2.23. The number of nitrogens with one attached hydrogen (secondary N) is 2. The molecule has 2 N–H and O–H groups in total. The second kappa shape index (κ2) is 11.3. The minimum atomic E-state index is -0.117. The number of carbonyl (C=O) groups excluding carboxylic acids is 2. The van der Waals surface area contributed by atoms with Crippen LogP contribution in [-0.2, 0) is 24.1 Å². The first kappa shape index (κ1) is 22.6. The Balaban J connectivity index is 1.25. The predicted molar refractivity (Wildman–Crippen MR) is 134 cm³/mol. The summed E-state index contributed by atoms with van der Waals surface area (Å²) >= 11 is 0. The molecule has 0 aromatic heterocycles. The second-order valence-corrected chi connectivity index (χ2v) is 8.48. The number of amides is 3. The topological polar surface area (TPSA) is 61.4 Å². The van der Waals surface area contributed by atoms with Crippen LogP contribution >= 0.6 is 0 Å². The van der Waals surface area contributed by atoms with Crippen molar-refractivity contribution in [1.29, 1.82) is 0 Å². The van der Waals surface area contributed by atoms with Crippen LogP contribution in [0, 0.1) is 0 Å². The quantitative estimate of drug-likeness (QED) is 0.485. The normalized spacial score (nSPS) is 13.0. The maximum atomic E-state index is 12.9. The zero-order valence-corrected chi connectivity index (χ0v) is 18.9. The fraction of sp³-hybridized carbons (Fsp3) is 0.286. The van der Waals surface area contributed by atoms with Gasteiger partial charge in [-0.2, -0.15) is 0 Å². The lowest BCUT2D eigenvalue weighted by Crippen LogP contribution is -2.35. The van der Waals surface area contributed by atoms with Crippen LogP contribution in [0.5, 0.6) is 0 Å². The Labute approximate surface area is 195 Å². The van der Waals surface area contributed by atoms with E-state index in [1.807, 2.05) is 65.6 Å². The molecule has 33 heavy (non-hydrogen) atoms. The zero-order chi connectivity index (χ0) is 22.9. The van der Waals surface area contributed by atoms with E-state index in [2.05, 4.69) is 28.8 Å². The monoisotopic (exact) mass is 441 g/mol. The first-order valence-electron chi connectivity index (χ1n) is 11.7. The summed E-state index contributed by atoms with van der Waals surface area (Å²) < 4.78 is 0. The Morgan fingerprint density at radius 1 is 0.818 bits per heavy atom. The molecule has 3 aromatic carbocycles. The van der Waals surface area contributed by atoms with E-state index in [0.29, 0.717) is 19.5 Å². The van der Waals surface area contributed by atoms with Gasteiger partial charge in [-0.15, -0.1) is 0 Å². The summed E-state index contributed by atoms with van der Waals surface area (Å²) in [5, 5.41) is 6.00. The molecule has 0 saturated carbocycles. The van der Waals surface area contributed by atoms with E-state index in [1.165, 1.54) is 11.1 Å². The molecule has 5 nitrogen and oxygen atoms in total. The fourth-order valence-electron chi connectivity index (χ4n) is 4.21. The molecule has 0 aliphatic carbocycles. The van der Waals surface area contributed by atoms with E-state index in [0.717, 1.165) is 49.0 Å². The van der Waals surface area contributed by atoms with Crippen molar-refractivity contribution in [3.63, 3.8) is 0 Å². The lowest BCUT2D eigenvalue weighted by molar-refractivity contribution is -0.120. The van der Waals surface area contributed by atoms with Gasteiger partial charge in [0.25, 0.3) is 0 Å². The number of benzene rings is 3. The number of aryl methyl sites for hydroxylation is 2. The van der Waals surface area contributed by atoms with Crippen LogP contribution in [0.3, 0.4) is 0 Å². The van der Waals surface area contributed by atoms with Crippen molar-refractivity contribution in [1.82, 2.24) is 5.32 Å². The molecule has 1 aliphatic heterocycles. The summed E-state index contributed by atoms with van der Waals surface area (Å²) in [5.74, 6) is 0.0148. The minimum absolute atomic E-state index is 0.0148. The first-order valence-corrected chi connectivity index (χ1v) is 11.7.